The third-order valence-corrected chi connectivity index (χ3v) is 10.4. The molecular formula is C40H36BNO2. The molecule has 0 unspecified atom stereocenters. The largest absolute Gasteiger partial charge is 0.514 e. The van der Waals surface area contributed by atoms with Gasteiger partial charge in [-0.2, -0.15) is 0 Å². The topological polar surface area (TPSA) is 31.4 Å². The predicted molar refractivity (Wildman–Crippen MR) is 183 cm³/mol. The van der Waals surface area contributed by atoms with Crippen LogP contribution in [0.15, 0.2) is 109 Å². The summed E-state index contributed by atoms with van der Waals surface area (Å²) >= 11 is 0. The highest BCUT2D eigenvalue weighted by molar-refractivity contribution is 6.61. The lowest BCUT2D eigenvalue weighted by Gasteiger charge is -2.32. The van der Waals surface area contributed by atoms with Crippen molar-refractivity contribution >= 4 is 34.3 Å². The highest BCUT2D eigenvalue weighted by atomic mass is 16.7. The second kappa shape index (κ2) is 9.38. The molecule has 0 saturated carbocycles. The lowest BCUT2D eigenvalue weighted by molar-refractivity contribution is 0.00578. The quantitative estimate of drug-likeness (QED) is 0.156. The minimum absolute atomic E-state index is 0.0575. The molecule has 1 aliphatic carbocycles. The molecule has 216 valence electrons. The molecule has 0 bridgehead atoms. The Labute approximate surface area is 260 Å². The van der Waals surface area contributed by atoms with Crippen LogP contribution in [0.5, 0.6) is 0 Å². The maximum atomic E-state index is 6.28. The monoisotopic (exact) mass is 573 g/mol. The number of pyridine rings is 1. The summed E-state index contributed by atoms with van der Waals surface area (Å²) in [6.07, 6.45) is 1.98. The normalized spacial score (nSPS) is 17.6. The van der Waals surface area contributed by atoms with Crippen LogP contribution >= 0.6 is 0 Å². The van der Waals surface area contributed by atoms with Gasteiger partial charge in [0.15, 0.2) is 0 Å². The molecule has 1 aromatic heterocycles. The molecule has 1 fully saturated rings. The molecule has 44 heavy (non-hydrogen) atoms. The van der Waals surface area contributed by atoms with E-state index in [1.54, 1.807) is 0 Å². The van der Waals surface area contributed by atoms with Gasteiger partial charge in [0.2, 0.25) is 0 Å². The van der Waals surface area contributed by atoms with Gasteiger partial charge in [0.05, 0.1) is 16.8 Å². The van der Waals surface area contributed by atoms with E-state index in [0.29, 0.717) is 0 Å². The molecule has 1 saturated heterocycles. The predicted octanol–water partition coefficient (Wildman–Crippen LogP) is 9.33. The lowest BCUT2D eigenvalue weighted by atomic mass is 9.80. The number of rotatable bonds is 3. The average Bonchev–Trinajstić information content (AvgIpc) is 3.39. The summed E-state index contributed by atoms with van der Waals surface area (Å²) in [6, 6.07) is 37.7. The number of aromatic nitrogens is 1. The third kappa shape index (κ3) is 3.87. The first-order valence-electron chi connectivity index (χ1n) is 15.6. The van der Waals surface area contributed by atoms with Crippen LogP contribution in [0.3, 0.4) is 0 Å². The van der Waals surface area contributed by atoms with E-state index >= 15 is 0 Å². The lowest BCUT2D eigenvalue weighted by Crippen LogP contribution is -2.41. The number of nitrogens with zero attached hydrogens (tertiary/aromatic N) is 1. The number of fused-ring (bicyclic) bond motifs is 5. The van der Waals surface area contributed by atoms with Crippen LogP contribution in [-0.2, 0) is 14.7 Å². The van der Waals surface area contributed by atoms with Gasteiger partial charge < -0.3 is 9.31 Å². The second-order valence-electron chi connectivity index (χ2n) is 13.8. The van der Waals surface area contributed by atoms with Crippen LogP contribution in [0.4, 0.5) is 0 Å². The first-order valence-corrected chi connectivity index (χ1v) is 15.6. The van der Waals surface area contributed by atoms with Gasteiger partial charge in [0, 0.05) is 17.2 Å². The molecule has 6 aromatic rings. The zero-order chi connectivity index (χ0) is 30.4. The highest BCUT2D eigenvalue weighted by Gasteiger charge is 2.52. The molecule has 0 radical (unpaired) electrons. The van der Waals surface area contributed by atoms with E-state index in [1.165, 1.54) is 60.5 Å². The average molecular weight is 574 g/mol. The fourth-order valence-electron chi connectivity index (χ4n) is 7.27. The van der Waals surface area contributed by atoms with Crippen molar-refractivity contribution in [2.24, 2.45) is 0 Å². The van der Waals surface area contributed by atoms with E-state index in [4.69, 9.17) is 14.3 Å². The molecule has 4 heteroatoms. The first-order chi connectivity index (χ1) is 21.1. The molecule has 0 spiro atoms. The standard InChI is InChI=1S/C40H36BNO2/c1-38(2)33-18-12-11-13-27(33)28-21-19-25(23-34(28)38)36-29-14-7-9-16-31(29)37(32-17-10-8-15-30(32)36)26-20-22-35(42-24-26)41-43-39(3,4)40(5,6)44-41/h7-24H,1-6H3. The third-order valence-electron chi connectivity index (χ3n) is 10.4. The Morgan fingerprint density at radius 1 is 0.523 bits per heavy atom. The van der Waals surface area contributed by atoms with Gasteiger partial charge in [-0.15, -0.1) is 0 Å². The van der Waals surface area contributed by atoms with Gasteiger partial charge in [0.1, 0.15) is 0 Å². The summed E-state index contributed by atoms with van der Waals surface area (Å²) in [6.45, 7) is 13.0. The fraction of sp³-hybridized carbons (Fsp3) is 0.225. The van der Waals surface area contributed by atoms with Crippen molar-refractivity contribution in [2.45, 2.75) is 58.2 Å². The van der Waals surface area contributed by atoms with E-state index in [2.05, 4.69) is 145 Å². The van der Waals surface area contributed by atoms with E-state index < -0.39 is 18.3 Å². The Morgan fingerprint density at radius 3 is 1.59 bits per heavy atom. The molecule has 8 rings (SSSR count). The van der Waals surface area contributed by atoms with Crippen LogP contribution in [0, 0.1) is 0 Å². The Kier molecular flexibility index (Phi) is 5.82. The molecule has 0 amide bonds. The van der Waals surface area contributed by atoms with Gasteiger partial charge in [-0.25, -0.2) is 0 Å². The Morgan fingerprint density at radius 2 is 1.02 bits per heavy atom. The molecule has 2 heterocycles. The molecule has 0 atom stereocenters. The Bertz CT molecular complexity index is 2040. The van der Waals surface area contributed by atoms with Crippen molar-refractivity contribution in [3.63, 3.8) is 0 Å². The number of benzene rings is 5. The van der Waals surface area contributed by atoms with Crippen LogP contribution in [0.2, 0.25) is 0 Å². The van der Waals surface area contributed by atoms with E-state index in [9.17, 15) is 0 Å². The van der Waals surface area contributed by atoms with Crippen LogP contribution in [-0.4, -0.2) is 23.3 Å². The van der Waals surface area contributed by atoms with Crippen molar-refractivity contribution in [2.75, 3.05) is 0 Å². The zero-order valence-electron chi connectivity index (χ0n) is 26.2. The summed E-state index contributed by atoms with van der Waals surface area (Å²) in [5.74, 6) is 0. The van der Waals surface area contributed by atoms with Gasteiger partial charge in [-0.1, -0.05) is 105 Å². The van der Waals surface area contributed by atoms with Gasteiger partial charge >= 0.3 is 7.12 Å². The summed E-state index contributed by atoms with van der Waals surface area (Å²) < 4.78 is 12.6. The second-order valence-corrected chi connectivity index (χ2v) is 13.8. The van der Waals surface area contributed by atoms with Gasteiger partial charge in [-0.05, 0) is 100 Å². The van der Waals surface area contributed by atoms with Gasteiger partial charge in [0.25, 0.3) is 0 Å². The summed E-state index contributed by atoms with van der Waals surface area (Å²) in [5.41, 5.74) is 10.2. The van der Waals surface area contributed by atoms with E-state index in [0.717, 1.165) is 11.2 Å². The van der Waals surface area contributed by atoms with Crippen molar-refractivity contribution in [1.29, 1.82) is 0 Å². The SMILES string of the molecule is CC1(C)c2ccccc2-c2ccc(-c3c4ccccc4c(-c4ccc(B5OC(C)(C)C(C)(C)O5)nc4)c4ccccc34)cc21. The molecular weight excluding hydrogens is 537 g/mol. The van der Waals surface area contributed by atoms with Crippen molar-refractivity contribution < 1.29 is 9.31 Å². The maximum Gasteiger partial charge on any atom is 0.514 e. The number of hydrogen-bond donors (Lipinski definition) is 0. The van der Waals surface area contributed by atoms with Crippen molar-refractivity contribution in [3.05, 3.63) is 120 Å². The van der Waals surface area contributed by atoms with Crippen molar-refractivity contribution in [3.8, 4) is 33.4 Å². The van der Waals surface area contributed by atoms with E-state index in [1.807, 2.05) is 6.20 Å². The Hall–Kier alpha value is -4.25. The van der Waals surface area contributed by atoms with Crippen molar-refractivity contribution in [1.82, 2.24) is 4.98 Å². The molecule has 1 aliphatic heterocycles. The van der Waals surface area contributed by atoms with E-state index in [-0.39, 0.29) is 5.41 Å². The van der Waals surface area contributed by atoms with Crippen LogP contribution in [0.1, 0.15) is 52.7 Å². The number of hydrogen-bond acceptors (Lipinski definition) is 3. The smallest absolute Gasteiger partial charge is 0.398 e. The summed E-state index contributed by atoms with van der Waals surface area (Å²) in [5, 5.41) is 4.91. The molecule has 2 aliphatic rings. The van der Waals surface area contributed by atoms with Crippen LogP contribution in [0.25, 0.3) is 54.9 Å². The van der Waals surface area contributed by atoms with Crippen LogP contribution < -0.4 is 5.59 Å². The highest BCUT2D eigenvalue weighted by Crippen LogP contribution is 2.51. The minimum Gasteiger partial charge on any atom is -0.398 e. The minimum atomic E-state index is -0.486. The first kappa shape index (κ1) is 27.3. The van der Waals surface area contributed by atoms with Gasteiger partial charge in [-0.3, -0.25) is 4.98 Å². The molecule has 5 aromatic carbocycles. The fourth-order valence-corrected chi connectivity index (χ4v) is 7.27. The maximum absolute atomic E-state index is 6.28. The Balaban J connectivity index is 1.30. The zero-order valence-corrected chi connectivity index (χ0v) is 26.2. The molecule has 0 N–H and O–H groups in total. The summed E-state index contributed by atoms with van der Waals surface area (Å²) in [4.78, 5) is 4.89. The molecule has 3 nitrogen and oxygen atoms in total. The summed E-state index contributed by atoms with van der Waals surface area (Å²) in [7, 11) is -0.486.